The van der Waals surface area contributed by atoms with Crippen molar-refractivity contribution in [2.75, 3.05) is 20.3 Å². The molecule has 0 unspecified atom stereocenters. The smallest absolute Gasteiger partial charge is 0.329 e. The second-order valence-electron chi connectivity index (χ2n) is 3.89. The highest BCUT2D eigenvalue weighted by Gasteiger charge is 2.33. The van der Waals surface area contributed by atoms with Gasteiger partial charge in [0, 0.05) is 13.2 Å². The minimum absolute atomic E-state index is 0.213. The largest absolute Gasteiger partial charge is 0.462 e. The Bertz CT molecular complexity index is 504. The molecule has 2 rings (SSSR count). The number of urea groups is 1. The van der Waals surface area contributed by atoms with Crippen LogP contribution >= 0.6 is 0 Å². The molecule has 0 radical (unpaired) electrons. The van der Waals surface area contributed by atoms with Gasteiger partial charge in [-0.2, -0.15) is 0 Å². The van der Waals surface area contributed by atoms with Gasteiger partial charge in [-0.15, -0.1) is 0 Å². The van der Waals surface area contributed by atoms with Crippen molar-refractivity contribution in [3.8, 4) is 0 Å². The first-order valence-electron chi connectivity index (χ1n) is 5.51. The highest BCUT2D eigenvalue weighted by atomic mass is 16.5. The molecule has 1 N–H and O–H groups in total. The highest BCUT2D eigenvalue weighted by molar-refractivity contribution is 6.13. The van der Waals surface area contributed by atoms with Gasteiger partial charge in [0.2, 0.25) is 0 Å². The van der Waals surface area contributed by atoms with Crippen LogP contribution < -0.4 is 5.32 Å². The maximum absolute atomic E-state index is 11.9. The van der Waals surface area contributed by atoms with Crippen LogP contribution in [0.1, 0.15) is 11.5 Å². The number of hydrogen-bond donors (Lipinski definition) is 1. The van der Waals surface area contributed by atoms with E-state index >= 15 is 0 Å². The highest BCUT2D eigenvalue weighted by Crippen LogP contribution is 2.15. The summed E-state index contributed by atoms with van der Waals surface area (Å²) in [5.74, 6) is 0.908. The molecule has 18 heavy (non-hydrogen) atoms. The van der Waals surface area contributed by atoms with E-state index < -0.39 is 6.03 Å². The fourth-order valence-electron chi connectivity index (χ4n) is 1.63. The molecule has 1 aromatic rings. The zero-order valence-electron chi connectivity index (χ0n) is 10.2. The van der Waals surface area contributed by atoms with E-state index in [1.54, 1.807) is 12.1 Å². The summed E-state index contributed by atoms with van der Waals surface area (Å²) >= 11 is 0. The van der Waals surface area contributed by atoms with Crippen LogP contribution in [0.3, 0.4) is 0 Å². The standard InChI is InChI=1S/C12H14N2O4/c1-8-3-4-9(18-8)7-10-11(15)14(5-6-17-2)12(16)13-10/h3-4,7H,5-6H2,1-2H3,(H,13,16). The van der Waals surface area contributed by atoms with E-state index in [2.05, 4.69) is 5.32 Å². The average molecular weight is 250 g/mol. The van der Waals surface area contributed by atoms with Gasteiger partial charge in [-0.05, 0) is 19.1 Å². The Kier molecular flexibility index (Phi) is 3.47. The number of methoxy groups -OCH3 is 1. The monoisotopic (exact) mass is 250 g/mol. The van der Waals surface area contributed by atoms with E-state index in [0.29, 0.717) is 12.4 Å². The Morgan fingerprint density at radius 1 is 1.44 bits per heavy atom. The van der Waals surface area contributed by atoms with Crippen molar-refractivity contribution in [2.45, 2.75) is 6.92 Å². The zero-order valence-corrected chi connectivity index (χ0v) is 10.2. The molecule has 1 saturated heterocycles. The first kappa shape index (κ1) is 12.4. The third-order valence-electron chi connectivity index (χ3n) is 2.53. The van der Waals surface area contributed by atoms with E-state index in [4.69, 9.17) is 9.15 Å². The molecular weight excluding hydrogens is 236 g/mol. The quantitative estimate of drug-likeness (QED) is 0.642. The molecule has 3 amide bonds. The summed E-state index contributed by atoms with van der Waals surface area (Å²) in [6, 6.07) is 3.09. The summed E-state index contributed by atoms with van der Waals surface area (Å²) in [7, 11) is 1.51. The van der Waals surface area contributed by atoms with Crippen LogP contribution in [0.2, 0.25) is 0 Å². The average Bonchev–Trinajstić information content (AvgIpc) is 2.84. The van der Waals surface area contributed by atoms with Gasteiger partial charge in [-0.3, -0.25) is 9.69 Å². The molecule has 96 valence electrons. The first-order valence-corrected chi connectivity index (χ1v) is 5.51. The van der Waals surface area contributed by atoms with Crippen molar-refractivity contribution in [1.29, 1.82) is 0 Å². The normalized spacial score (nSPS) is 17.7. The third kappa shape index (κ3) is 2.43. The van der Waals surface area contributed by atoms with Gasteiger partial charge in [0.1, 0.15) is 17.2 Å². The summed E-state index contributed by atoms with van der Waals surface area (Å²) in [4.78, 5) is 24.6. The van der Waals surface area contributed by atoms with Crippen LogP contribution in [-0.4, -0.2) is 37.1 Å². The number of furan rings is 1. The van der Waals surface area contributed by atoms with Crippen LogP contribution in [0, 0.1) is 6.92 Å². The molecule has 1 aromatic heterocycles. The lowest BCUT2D eigenvalue weighted by atomic mass is 10.3. The van der Waals surface area contributed by atoms with Crippen LogP contribution in [-0.2, 0) is 9.53 Å². The number of rotatable bonds is 4. The van der Waals surface area contributed by atoms with E-state index in [9.17, 15) is 9.59 Å². The Labute approximate surface area is 104 Å². The van der Waals surface area contributed by atoms with Gasteiger partial charge < -0.3 is 14.5 Å². The SMILES string of the molecule is COCCN1C(=O)NC(=Cc2ccc(C)o2)C1=O. The minimum Gasteiger partial charge on any atom is -0.462 e. The van der Waals surface area contributed by atoms with Gasteiger partial charge in [0.15, 0.2) is 0 Å². The van der Waals surface area contributed by atoms with Gasteiger partial charge in [0.05, 0.1) is 13.2 Å². The fraction of sp³-hybridized carbons (Fsp3) is 0.333. The van der Waals surface area contributed by atoms with E-state index in [1.807, 2.05) is 6.92 Å². The van der Waals surface area contributed by atoms with Gasteiger partial charge in [0.25, 0.3) is 5.91 Å². The Morgan fingerprint density at radius 3 is 2.83 bits per heavy atom. The predicted molar refractivity (Wildman–Crippen MR) is 63.5 cm³/mol. The van der Waals surface area contributed by atoms with Crippen molar-refractivity contribution in [3.63, 3.8) is 0 Å². The lowest BCUT2D eigenvalue weighted by Crippen LogP contribution is -2.33. The Morgan fingerprint density at radius 2 is 2.22 bits per heavy atom. The van der Waals surface area contributed by atoms with Crippen molar-refractivity contribution < 1.29 is 18.7 Å². The van der Waals surface area contributed by atoms with E-state index in [1.165, 1.54) is 13.2 Å². The van der Waals surface area contributed by atoms with Gasteiger partial charge >= 0.3 is 6.03 Å². The number of hydrogen-bond acceptors (Lipinski definition) is 4. The second kappa shape index (κ2) is 5.05. The molecule has 1 fully saturated rings. The lowest BCUT2D eigenvalue weighted by molar-refractivity contribution is -0.123. The second-order valence-corrected chi connectivity index (χ2v) is 3.89. The van der Waals surface area contributed by atoms with Crippen molar-refractivity contribution in [3.05, 3.63) is 29.4 Å². The summed E-state index contributed by atoms with van der Waals surface area (Å²) in [6.45, 7) is 2.35. The molecular formula is C12H14N2O4. The number of carbonyl (C=O) groups excluding carboxylic acids is 2. The number of nitrogens with zero attached hydrogens (tertiary/aromatic N) is 1. The van der Waals surface area contributed by atoms with Gasteiger partial charge in [-0.1, -0.05) is 0 Å². The first-order chi connectivity index (χ1) is 8.61. The van der Waals surface area contributed by atoms with Crippen LogP contribution in [0.5, 0.6) is 0 Å². The molecule has 0 atom stereocenters. The Hall–Kier alpha value is -2.08. The number of imide groups is 1. The minimum atomic E-state index is -0.438. The Balaban J connectivity index is 2.14. The topological polar surface area (TPSA) is 71.8 Å². The molecule has 6 nitrogen and oxygen atoms in total. The maximum atomic E-state index is 11.9. The number of nitrogens with one attached hydrogen (secondary N) is 1. The third-order valence-corrected chi connectivity index (χ3v) is 2.53. The molecule has 6 heteroatoms. The maximum Gasteiger partial charge on any atom is 0.329 e. The molecule has 0 spiro atoms. The van der Waals surface area contributed by atoms with Crippen molar-refractivity contribution >= 4 is 18.0 Å². The number of aryl methyl sites for hydroxylation is 1. The van der Waals surface area contributed by atoms with Crippen molar-refractivity contribution in [2.24, 2.45) is 0 Å². The zero-order chi connectivity index (χ0) is 13.1. The van der Waals surface area contributed by atoms with E-state index in [-0.39, 0.29) is 18.1 Å². The molecule has 0 bridgehead atoms. The van der Waals surface area contributed by atoms with Gasteiger partial charge in [-0.25, -0.2) is 4.79 Å². The van der Waals surface area contributed by atoms with Crippen LogP contribution in [0.4, 0.5) is 4.79 Å². The van der Waals surface area contributed by atoms with Crippen molar-refractivity contribution in [1.82, 2.24) is 10.2 Å². The predicted octanol–water partition coefficient (Wildman–Crippen LogP) is 1.13. The summed E-state index contributed by atoms with van der Waals surface area (Å²) in [5, 5.41) is 2.50. The molecule has 0 saturated carbocycles. The van der Waals surface area contributed by atoms with Crippen LogP contribution in [0.15, 0.2) is 22.2 Å². The summed E-state index contributed by atoms with van der Waals surface area (Å²) < 4.78 is 10.2. The molecule has 0 aromatic carbocycles. The molecule has 0 aliphatic carbocycles. The summed E-state index contributed by atoms with van der Waals surface area (Å²) in [5.41, 5.74) is 0.213. The lowest BCUT2D eigenvalue weighted by Gasteiger charge is -2.09. The number of carbonyl (C=O) groups is 2. The molecule has 1 aliphatic heterocycles. The van der Waals surface area contributed by atoms with E-state index in [0.717, 1.165) is 10.7 Å². The number of ether oxygens (including phenoxy) is 1. The number of amides is 3. The van der Waals surface area contributed by atoms with Crippen LogP contribution in [0.25, 0.3) is 6.08 Å². The molecule has 1 aliphatic rings. The fourth-order valence-corrected chi connectivity index (χ4v) is 1.63. The summed E-state index contributed by atoms with van der Waals surface area (Å²) in [6.07, 6.45) is 1.51. The molecule has 2 heterocycles.